The molecule has 0 radical (unpaired) electrons. The zero-order chi connectivity index (χ0) is 18.2. The van der Waals surface area contributed by atoms with Gasteiger partial charge in [-0.25, -0.2) is 0 Å². The minimum absolute atomic E-state index is 0.00651. The summed E-state index contributed by atoms with van der Waals surface area (Å²) in [7, 11) is 0. The van der Waals surface area contributed by atoms with Gasteiger partial charge in [0.1, 0.15) is 0 Å². The number of aromatic nitrogens is 2. The smallest absolute Gasteiger partial charge is 0.227 e. The van der Waals surface area contributed by atoms with Gasteiger partial charge in [-0.15, -0.1) is 11.3 Å². The van der Waals surface area contributed by atoms with Crippen molar-refractivity contribution >= 4 is 40.6 Å². The molecule has 0 aliphatic heterocycles. The Morgan fingerprint density at radius 3 is 2.88 bits per heavy atom. The first-order valence-corrected chi connectivity index (χ1v) is 10.6. The Morgan fingerprint density at radius 1 is 1.27 bits per heavy atom. The molecule has 3 aromatic rings. The van der Waals surface area contributed by atoms with E-state index in [1.807, 2.05) is 23.9 Å². The van der Waals surface area contributed by atoms with Crippen LogP contribution in [0.2, 0.25) is 5.02 Å². The minimum atomic E-state index is -0.00651. The molecule has 0 atom stereocenters. The van der Waals surface area contributed by atoms with E-state index in [1.165, 1.54) is 4.88 Å². The largest absolute Gasteiger partial charge is 0.355 e. The van der Waals surface area contributed by atoms with Crippen molar-refractivity contribution in [1.29, 1.82) is 0 Å². The summed E-state index contributed by atoms with van der Waals surface area (Å²) in [5.74, 6) is 2.83. The number of carbonyl (C=O) groups excluding carboxylic acids is 1. The van der Waals surface area contributed by atoms with Crippen LogP contribution in [0.4, 0.5) is 0 Å². The van der Waals surface area contributed by atoms with Crippen LogP contribution < -0.4 is 5.32 Å². The molecular formula is C18H18ClN3O2S2. The maximum absolute atomic E-state index is 11.9. The summed E-state index contributed by atoms with van der Waals surface area (Å²) >= 11 is 9.44. The van der Waals surface area contributed by atoms with Crippen molar-refractivity contribution in [3.8, 4) is 11.4 Å². The van der Waals surface area contributed by atoms with Gasteiger partial charge < -0.3 is 9.84 Å². The van der Waals surface area contributed by atoms with Crippen LogP contribution in [0.1, 0.15) is 17.2 Å². The number of amides is 1. The lowest BCUT2D eigenvalue weighted by Crippen LogP contribution is -2.25. The van der Waals surface area contributed by atoms with Crippen LogP contribution in [0, 0.1) is 0 Å². The fourth-order valence-electron chi connectivity index (χ4n) is 2.21. The van der Waals surface area contributed by atoms with Gasteiger partial charge in [0, 0.05) is 46.4 Å². The Balaban J connectivity index is 1.34. The average molecular weight is 408 g/mol. The molecular weight excluding hydrogens is 390 g/mol. The number of carbonyl (C=O) groups is 1. The zero-order valence-electron chi connectivity index (χ0n) is 14.0. The summed E-state index contributed by atoms with van der Waals surface area (Å²) in [6, 6.07) is 11.4. The van der Waals surface area contributed by atoms with Crippen LogP contribution in [0.25, 0.3) is 11.4 Å². The number of thioether (sulfide) groups is 1. The van der Waals surface area contributed by atoms with E-state index < -0.39 is 0 Å². The van der Waals surface area contributed by atoms with Crippen molar-refractivity contribution in [2.75, 3.05) is 12.3 Å². The second-order valence-corrected chi connectivity index (χ2v) is 8.07. The van der Waals surface area contributed by atoms with E-state index in [0.717, 1.165) is 17.1 Å². The predicted octanol–water partition coefficient (Wildman–Crippen LogP) is 4.43. The van der Waals surface area contributed by atoms with E-state index in [0.29, 0.717) is 36.1 Å². The Hall–Kier alpha value is -1.83. The van der Waals surface area contributed by atoms with Crippen LogP contribution in [-0.2, 0) is 17.0 Å². The Bertz CT molecular complexity index is 819. The number of benzene rings is 1. The van der Waals surface area contributed by atoms with E-state index in [-0.39, 0.29) is 5.91 Å². The van der Waals surface area contributed by atoms with Crippen molar-refractivity contribution in [1.82, 2.24) is 15.5 Å². The lowest BCUT2D eigenvalue weighted by molar-refractivity contribution is -0.121. The summed E-state index contributed by atoms with van der Waals surface area (Å²) in [6.07, 6.45) is 0.757. The van der Waals surface area contributed by atoms with Crippen LogP contribution in [0.5, 0.6) is 0 Å². The third kappa shape index (κ3) is 5.86. The summed E-state index contributed by atoms with van der Waals surface area (Å²) in [6.45, 7) is 0.661. The lowest BCUT2D eigenvalue weighted by Gasteiger charge is -2.03. The van der Waals surface area contributed by atoms with E-state index in [2.05, 4.69) is 33.0 Å². The standard InChI is InChI=1S/C18H18ClN3O2S2/c19-14-5-3-13(4-6-14)18-21-17(24-22-18)8-7-16(23)20-9-11-25-12-15-2-1-10-26-15/h1-6,10H,7-9,11-12H2,(H,20,23). The zero-order valence-corrected chi connectivity index (χ0v) is 16.4. The molecule has 1 aromatic carbocycles. The second kappa shape index (κ2) is 9.75. The molecule has 5 nitrogen and oxygen atoms in total. The van der Waals surface area contributed by atoms with Crippen molar-refractivity contribution in [3.63, 3.8) is 0 Å². The van der Waals surface area contributed by atoms with Gasteiger partial charge >= 0.3 is 0 Å². The van der Waals surface area contributed by atoms with Gasteiger partial charge in [-0.2, -0.15) is 16.7 Å². The number of nitrogens with one attached hydrogen (secondary N) is 1. The fourth-order valence-corrected chi connectivity index (χ4v) is 4.04. The first kappa shape index (κ1) is 18.9. The summed E-state index contributed by atoms with van der Waals surface area (Å²) < 4.78 is 5.21. The molecule has 136 valence electrons. The van der Waals surface area contributed by atoms with Crippen molar-refractivity contribution < 1.29 is 9.32 Å². The molecule has 1 amide bonds. The highest BCUT2D eigenvalue weighted by Crippen LogP contribution is 2.19. The van der Waals surface area contributed by atoms with E-state index in [1.54, 1.807) is 23.5 Å². The molecule has 8 heteroatoms. The molecule has 26 heavy (non-hydrogen) atoms. The summed E-state index contributed by atoms with van der Waals surface area (Å²) in [5.41, 5.74) is 0.830. The highest BCUT2D eigenvalue weighted by Gasteiger charge is 2.10. The maximum Gasteiger partial charge on any atom is 0.227 e. The number of rotatable bonds is 9. The molecule has 0 saturated carbocycles. The fraction of sp³-hybridized carbons (Fsp3) is 0.278. The van der Waals surface area contributed by atoms with Crippen molar-refractivity contribution in [2.24, 2.45) is 0 Å². The van der Waals surface area contributed by atoms with Gasteiger partial charge in [0.15, 0.2) is 0 Å². The Morgan fingerprint density at radius 2 is 2.12 bits per heavy atom. The molecule has 2 aromatic heterocycles. The number of hydrogen-bond acceptors (Lipinski definition) is 6. The number of hydrogen-bond donors (Lipinski definition) is 1. The second-order valence-electron chi connectivity index (χ2n) is 5.50. The van der Waals surface area contributed by atoms with Crippen LogP contribution in [-0.4, -0.2) is 28.3 Å². The van der Waals surface area contributed by atoms with E-state index in [4.69, 9.17) is 16.1 Å². The third-order valence-electron chi connectivity index (χ3n) is 3.53. The van der Waals surface area contributed by atoms with Gasteiger partial charge in [-0.1, -0.05) is 22.8 Å². The molecule has 0 aliphatic carbocycles. The average Bonchev–Trinajstić information content (AvgIpc) is 3.32. The Labute approximate surface area is 165 Å². The topological polar surface area (TPSA) is 68.0 Å². The number of nitrogens with zero attached hydrogens (tertiary/aromatic N) is 2. The first-order chi connectivity index (χ1) is 12.7. The lowest BCUT2D eigenvalue weighted by atomic mass is 10.2. The van der Waals surface area contributed by atoms with Gasteiger partial charge in [0.05, 0.1) is 0 Å². The van der Waals surface area contributed by atoms with E-state index in [9.17, 15) is 4.79 Å². The Kier molecular flexibility index (Phi) is 7.11. The minimum Gasteiger partial charge on any atom is -0.355 e. The van der Waals surface area contributed by atoms with Crippen molar-refractivity contribution in [3.05, 3.63) is 57.6 Å². The summed E-state index contributed by atoms with van der Waals surface area (Å²) in [4.78, 5) is 17.6. The molecule has 0 unspecified atom stereocenters. The van der Waals surface area contributed by atoms with Gasteiger partial charge in [-0.05, 0) is 35.7 Å². The highest BCUT2D eigenvalue weighted by molar-refractivity contribution is 7.98. The molecule has 1 N–H and O–H groups in total. The van der Waals surface area contributed by atoms with Gasteiger partial charge in [0.2, 0.25) is 17.6 Å². The quantitative estimate of drug-likeness (QED) is 0.531. The normalized spacial score (nSPS) is 10.8. The summed E-state index contributed by atoms with van der Waals surface area (Å²) in [5, 5.41) is 9.59. The monoisotopic (exact) mass is 407 g/mol. The number of aryl methyl sites for hydroxylation is 1. The van der Waals surface area contributed by atoms with Gasteiger partial charge in [0.25, 0.3) is 0 Å². The molecule has 2 heterocycles. The molecule has 3 rings (SSSR count). The number of thiophene rings is 1. The molecule has 0 bridgehead atoms. The number of halogens is 1. The molecule has 0 saturated heterocycles. The highest BCUT2D eigenvalue weighted by atomic mass is 35.5. The first-order valence-electron chi connectivity index (χ1n) is 8.16. The van der Waals surface area contributed by atoms with Gasteiger partial charge in [-0.3, -0.25) is 4.79 Å². The van der Waals surface area contributed by atoms with Crippen molar-refractivity contribution in [2.45, 2.75) is 18.6 Å². The third-order valence-corrected chi connectivity index (χ3v) is 5.85. The SMILES string of the molecule is O=C(CCc1nc(-c2ccc(Cl)cc2)no1)NCCSCc1cccs1. The van der Waals surface area contributed by atoms with E-state index >= 15 is 0 Å². The van der Waals surface area contributed by atoms with Crippen LogP contribution in [0.3, 0.4) is 0 Å². The van der Waals surface area contributed by atoms with Crippen LogP contribution >= 0.6 is 34.7 Å². The molecule has 0 spiro atoms. The van der Waals surface area contributed by atoms with Crippen LogP contribution in [0.15, 0.2) is 46.3 Å². The molecule has 0 fully saturated rings. The predicted molar refractivity (Wildman–Crippen MR) is 107 cm³/mol. The molecule has 0 aliphatic rings. The maximum atomic E-state index is 11.9.